The third kappa shape index (κ3) is 2.54. The fraction of sp³-hybridized carbons (Fsp3) is 0.300. The molecule has 3 heteroatoms. The molecule has 0 N–H and O–H groups in total. The summed E-state index contributed by atoms with van der Waals surface area (Å²) in [4.78, 5) is 15.3. The van der Waals surface area contributed by atoms with E-state index < -0.39 is 0 Å². The number of carbonyl (C=O) groups excluding carboxylic acids is 1. The van der Waals surface area contributed by atoms with Gasteiger partial charge in [0.05, 0.1) is 12.2 Å². The molecule has 0 atom stereocenters. The zero-order chi connectivity index (χ0) is 9.68. The van der Waals surface area contributed by atoms with Crippen molar-refractivity contribution in [2.24, 2.45) is 0 Å². The molecule has 69 valence electrons. The van der Waals surface area contributed by atoms with Crippen LogP contribution in [0.25, 0.3) is 0 Å². The van der Waals surface area contributed by atoms with E-state index in [0.29, 0.717) is 12.2 Å². The van der Waals surface area contributed by atoms with Crippen LogP contribution in [-0.4, -0.2) is 17.6 Å². The molecule has 0 bridgehead atoms. The Kier molecular flexibility index (Phi) is 3.43. The average molecular weight is 178 g/mol. The van der Waals surface area contributed by atoms with Crippen LogP contribution in [0.15, 0.2) is 18.3 Å². The molecule has 0 saturated heterocycles. The highest BCUT2D eigenvalue weighted by atomic mass is 16.5. The smallest absolute Gasteiger partial charge is 0.338 e. The van der Waals surface area contributed by atoms with Gasteiger partial charge >= 0.3 is 5.97 Å². The summed E-state index contributed by atoms with van der Waals surface area (Å²) in [5, 5.41) is 0. The number of hydrogen-bond donors (Lipinski definition) is 0. The summed E-state index contributed by atoms with van der Waals surface area (Å²) < 4.78 is 4.85. The van der Waals surface area contributed by atoms with Crippen LogP contribution in [0.4, 0.5) is 0 Å². The predicted molar refractivity (Wildman–Crippen MR) is 49.3 cm³/mol. The average Bonchev–Trinajstić information content (AvgIpc) is 2.18. The van der Waals surface area contributed by atoms with Crippen molar-refractivity contribution in [3.05, 3.63) is 36.0 Å². The van der Waals surface area contributed by atoms with E-state index in [1.54, 1.807) is 25.3 Å². The van der Waals surface area contributed by atoms with E-state index >= 15 is 0 Å². The molecule has 1 rings (SSSR count). The SMILES string of the molecule is C[CH]c1cc(C(=O)OCC)ccn1. The van der Waals surface area contributed by atoms with Gasteiger partial charge < -0.3 is 4.74 Å². The van der Waals surface area contributed by atoms with Gasteiger partial charge in [0.25, 0.3) is 0 Å². The highest BCUT2D eigenvalue weighted by Gasteiger charge is 2.06. The summed E-state index contributed by atoms with van der Waals surface area (Å²) in [5.41, 5.74) is 1.33. The molecule has 1 radical (unpaired) electrons. The van der Waals surface area contributed by atoms with Crippen LogP contribution < -0.4 is 0 Å². The number of carbonyl (C=O) groups is 1. The summed E-state index contributed by atoms with van der Waals surface area (Å²) in [7, 11) is 0. The maximum atomic E-state index is 11.2. The molecule has 0 spiro atoms. The Morgan fingerprint density at radius 2 is 2.46 bits per heavy atom. The van der Waals surface area contributed by atoms with E-state index in [-0.39, 0.29) is 5.97 Å². The molecular weight excluding hydrogens is 166 g/mol. The van der Waals surface area contributed by atoms with Crippen molar-refractivity contribution in [2.75, 3.05) is 6.61 Å². The molecule has 1 aromatic heterocycles. The molecule has 0 amide bonds. The number of pyridine rings is 1. The van der Waals surface area contributed by atoms with E-state index in [4.69, 9.17) is 4.74 Å². The van der Waals surface area contributed by atoms with E-state index in [1.165, 1.54) is 0 Å². The molecule has 0 fully saturated rings. The first-order valence-corrected chi connectivity index (χ1v) is 4.20. The first-order chi connectivity index (χ1) is 6.27. The van der Waals surface area contributed by atoms with Gasteiger partial charge in [0.15, 0.2) is 0 Å². The lowest BCUT2D eigenvalue weighted by Gasteiger charge is -2.02. The highest BCUT2D eigenvalue weighted by molar-refractivity contribution is 5.89. The number of aromatic nitrogens is 1. The van der Waals surface area contributed by atoms with Crippen molar-refractivity contribution in [3.8, 4) is 0 Å². The second-order valence-corrected chi connectivity index (χ2v) is 2.48. The molecular formula is C10H12NO2. The van der Waals surface area contributed by atoms with Crippen molar-refractivity contribution < 1.29 is 9.53 Å². The van der Waals surface area contributed by atoms with Gasteiger partial charge in [0.1, 0.15) is 0 Å². The van der Waals surface area contributed by atoms with Gasteiger partial charge in [0, 0.05) is 18.3 Å². The van der Waals surface area contributed by atoms with Crippen molar-refractivity contribution in [2.45, 2.75) is 13.8 Å². The van der Waals surface area contributed by atoms with Crippen molar-refractivity contribution in [3.63, 3.8) is 0 Å². The molecule has 3 nitrogen and oxygen atoms in total. The van der Waals surface area contributed by atoms with Gasteiger partial charge in [-0.1, -0.05) is 6.92 Å². The lowest BCUT2D eigenvalue weighted by molar-refractivity contribution is 0.0526. The Morgan fingerprint density at radius 3 is 3.08 bits per heavy atom. The molecule has 1 aromatic rings. The van der Waals surface area contributed by atoms with Gasteiger partial charge in [-0.05, 0) is 19.1 Å². The molecule has 0 saturated carbocycles. The van der Waals surface area contributed by atoms with Crippen LogP contribution in [0.2, 0.25) is 0 Å². The molecule has 1 heterocycles. The van der Waals surface area contributed by atoms with E-state index in [2.05, 4.69) is 4.98 Å². The Morgan fingerprint density at radius 1 is 1.69 bits per heavy atom. The maximum absolute atomic E-state index is 11.2. The highest BCUT2D eigenvalue weighted by Crippen LogP contribution is 2.05. The van der Waals surface area contributed by atoms with Crippen LogP contribution in [0.3, 0.4) is 0 Å². The van der Waals surface area contributed by atoms with Crippen LogP contribution in [0, 0.1) is 6.42 Å². The molecule has 0 aliphatic heterocycles. The first-order valence-electron chi connectivity index (χ1n) is 4.20. The second-order valence-electron chi connectivity index (χ2n) is 2.48. The summed E-state index contributed by atoms with van der Waals surface area (Å²) in [6.07, 6.45) is 3.43. The van der Waals surface area contributed by atoms with E-state index in [9.17, 15) is 4.79 Å². The summed E-state index contributed by atoms with van der Waals surface area (Å²) in [6, 6.07) is 3.35. The van der Waals surface area contributed by atoms with E-state index in [1.807, 2.05) is 13.3 Å². The Bertz CT molecular complexity index is 297. The summed E-state index contributed by atoms with van der Waals surface area (Å²) in [6.45, 7) is 4.05. The van der Waals surface area contributed by atoms with Crippen molar-refractivity contribution in [1.82, 2.24) is 4.98 Å². The Balaban J connectivity index is 2.82. The number of rotatable bonds is 3. The van der Waals surface area contributed by atoms with Crippen molar-refractivity contribution >= 4 is 5.97 Å². The lowest BCUT2D eigenvalue weighted by Crippen LogP contribution is -2.05. The monoisotopic (exact) mass is 178 g/mol. The number of ether oxygens (including phenoxy) is 1. The van der Waals surface area contributed by atoms with Crippen LogP contribution in [0.5, 0.6) is 0 Å². The zero-order valence-electron chi connectivity index (χ0n) is 7.78. The lowest BCUT2D eigenvalue weighted by atomic mass is 10.2. The second kappa shape index (κ2) is 4.60. The third-order valence-electron chi connectivity index (χ3n) is 1.59. The largest absolute Gasteiger partial charge is 0.462 e. The Labute approximate surface area is 77.8 Å². The molecule has 0 aliphatic rings. The normalized spacial score (nSPS) is 9.69. The summed E-state index contributed by atoms with van der Waals surface area (Å²) in [5.74, 6) is -0.298. The number of esters is 1. The topological polar surface area (TPSA) is 39.2 Å². The van der Waals surface area contributed by atoms with Crippen LogP contribution in [0.1, 0.15) is 29.9 Å². The third-order valence-corrected chi connectivity index (χ3v) is 1.59. The van der Waals surface area contributed by atoms with Crippen molar-refractivity contribution in [1.29, 1.82) is 0 Å². The fourth-order valence-electron chi connectivity index (χ4n) is 0.948. The quantitative estimate of drug-likeness (QED) is 0.663. The molecule has 0 aliphatic carbocycles. The predicted octanol–water partition coefficient (Wildman–Crippen LogP) is 1.83. The van der Waals surface area contributed by atoms with Crippen LogP contribution >= 0.6 is 0 Å². The summed E-state index contributed by atoms with van der Waals surface area (Å²) >= 11 is 0. The van der Waals surface area contributed by atoms with E-state index in [0.717, 1.165) is 5.69 Å². The molecule has 0 unspecified atom stereocenters. The molecule has 0 aromatic carbocycles. The minimum Gasteiger partial charge on any atom is -0.462 e. The van der Waals surface area contributed by atoms with Gasteiger partial charge in [-0.3, -0.25) is 4.98 Å². The number of hydrogen-bond acceptors (Lipinski definition) is 3. The number of nitrogens with zero attached hydrogens (tertiary/aromatic N) is 1. The first kappa shape index (κ1) is 9.71. The fourth-order valence-corrected chi connectivity index (χ4v) is 0.948. The van der Waals surface area contributed by atoms with Crippen LogP contribution in [-0.2, 0) is 4.74 Å². The standard InChI is InChI=1S/C10H12NO2/c1-3-9-7-8(5-6-11-9)10(12)13-4-2/h3,5-7H,4H2,1-2H3. The van der Waals surface area contributed by atoms with Gasteiger partial charge in [-0.2, -0.15) is 0 Å². The van der Waals surface area contributed by atoms with Gasteiger partial charge in [0.2, 0.25) is 0 Å². The van der Waals surface area contributed by atoms with Gasteiger partial charge in [-0.15, -0.1) is 0 Å². The zero-order valence-corrected chi connectivity index (χ0v) is 7.78. The minimum atomic E-state index is -0.298. The minimum absolute atomic E-state index is 0.298. The molecule has 13 heavy (non-hydrogen) atoms. The maximum Gasteiger partial charge on any atom is 0.338 e. The Hall–Kier alpha value is -1.38. The van der Waals surface area contributed by atoms with Gasteiger partial charge in [-0.25, -0.2) is 4.79 Å².